The van der Waals surface area contributed by atoms with Crippen LogP contribution in [0.1, 0.15) is 39.2 Å². The number of hydrogen-bond donors (Lipinski definition) is 1. The van der Waals surface area contributed by atoms with Crippen LogP contribution in [0.15, 0.2) is 30.3 Å². The molecule has 1 aromatic rings. The predicted octanol–water partition coefficient (Wildman–Crippen LogP) is 3.25. The van der Waals surface area contributed by atoms with Gasteiger partial charge >= 0.3 is 7.12 Å². The molecule has 4 aliphatic rings. The summed E-state index contributed by atoms with van der Waals surface area (Å²) < 4.78 is 12.7. The third-order valence-electron chi connectivity index (χ3n) is 6.63. The van der Waals surface area contributed by atoms with Crippen LogP contribution in [0.5, 0.6) is 0 Å². The number of nitrogens with two attached hydrogens (primary N) is 1. The molecule has 5 atom stereocenters. The summed E-state index contributed by atoms with van der Waals surface area (Å²) in [4.78, 5) is 0. The van der Waals surface area contributed by atoms with Gasteiger partial charge in [0.1, 0.15) is 0 Å². The van der Waals surface area contributed by atoms with E-state index in [2.05, 4.69) is 45.0 Å². The maximum absolute atomic E-state index is 6.43. The zero-order valence-electron chi connectivity index (χ0n) is 14.2. The largest absolute Gasteiger partial charge is 0.475 e. The van der Waals surface area contributed by atoms with E-state index in [0.29, 0.717) is 11.3 Å². The molecule has 0 aromatic heterocycles. The molecule has 3 nitrogen and oxygen atoms in total. The van der Waals surface area contributed by atoms with E-state index in [1.54, 1.807) is 0 Å². The molecule has 4 fully saturated rings. The van der Waals surface area contributed by atoms with E-state index < -0.39 is 0 Å². The number of hydrogen-bond acceptors (Lipinski definition) is 3. The van der Waals surface area contributed by atoms with Crippen molar-refractivity contribution < 1.29 is 9.31 Å². The summed E-state index contributed by atoms with van der Waals surface area (Å²) in [7, 11) is -0.273. The average Bonchev–Trinajstić information content (AvgIpc) is 2.85. The number of halogens is 1. The van der Waals surface area contributed by atoms with E-state index in [1.165, 1.54) is 12.0 Å². The second-order valence-electron chi connectivity index (χ2n) is 8.19. The van der Waals surface area contributed by atoms with Crippen LogP contribution in [-0.4, -0.2) is 24.8 Å². The Hall–Kier alpha value is -0.545. The van der Waals surface area contributed by atoms with Crippen LogP contribution >= 0.6 is 12.4 Å². The Balaban J connectivity index is 0.00000156. The average molecular weight is 336 g/mol. The van der Waals surface area contributed by atoms with E-state index >= 15 is 0 Å². The number of rotatable bonds is 3. The van der Waals surface area contributed by atoms with Crippen molar-refractivity contribution in [2.45, 2.75) is 57.7 Å². The second-order valence-corrected chi connectivity index (χ2v) is 8.19. The van der Waals surface area contributed by atoms with Gasteiger partial charge in [0, 0.05) is 5.94 Å². The van der Waals surface area contributed by atoms with Crippen LogP contribution < -0.4 is 5.73 Å². The minimum Gasteiger partial charge on any atom is -0.404 e. The minimum atomic E-state index is -0.273. The summed E-state index contributed by atoms with van der Waals surface area (Å²) in [5.74, 6) is 1.27. The molecule has 3 aliphatic carbocycles. The van der Waals surface area contributed by atoms with Crippen molar-refractivity contribution in [3.63, 3.8) is 0 Å². The van der Waals surface area contributed by atoms with Gasteiger partial charge in [-0.3, -0.25) is 0 Å². The molecule has 5 rings (SSSR count). The first-order valence-corrected chi connectivity index (χ1v) is 8.54. The normalized spacial score (nSPS) is 38.3. The number of benzene rings is 1. The molecule has 126 valence electrons. The highest BCUT2D eigenvalue weighted by atomic mass is 35.5. The summed E-state index contributed by atoms with van der Waals surface area (Å²) in [5.41, 5.74) is 7.87. The molecule has 1 saturated heterocycles. The van der Waals surface area contributed by atoms with Gasteiger partial charge in [-0.05, 0) is 49.0 Å². The third kappa shape index (κ3) is 2.55. The van der Waals surface area contributed by atoms with Gasteiger partial charge in [0.05, 0.1) is 11.7 Å². The lowest BCUT2D eigenvalue weighted by Crippen LogP contribution is -2.65. The SMILES string of the molecule is CC1(C)[C@@H]2C[C@@H]3OB([C@@H](N)Cc4ccccc4)O[C@@]3(C)[C@@H]1C2.Cl. The van der Waals surface area contributed by atoms with Crippen molar-refractivity contribution in [1.29, 1.82) is 0 Å². The molecule has 2 N–H and O–H groups in total. The van der Waals surface area contributed by atoms with Crippen LogP contribution in [0.2, 0.25) is 0 Å². The predicted molar refractivity (Wildman–Crippen MR) is 95.5 cm³/mol. The van der Waals surface area contributed by atoms with Gasteiger partial charge in [-0.1, -0.05) is 44.2 Å². The molecule has 0 amide bonds. The standard InChI is InChI=1S/C18H26BNO2.ClH/c1-17(2)13-10-14(17)18(3)15(11-13)21-19(22-18)16(20)9-12-7-5-4-6-8-12;/h4-8,13-16H,9-11,20H2,1-3H3;1H/t13-,14+,15-,16-,18-;/m0./s1. The van der Waals surface area contributed by atoms with Crippen LogP contribution in [0.4, 0.5) is 0 Å². The molecule has 5 heteroatoms. The summed E-state index contributed by atoms with van der Waals surface area (Å²) in [6, 6.07) is 10.4. The topological polar surface area (TPSA) is 44.5 Å². The maximum Gasteiger partial charge on any atom is 0.475 e. The fraction of sp³-hybridized carbons (Fsp3) is 0.667. The summed E-state index contributed by atoms with van der Waals surface area (Å²) in [5, 5.41) is 0. The van der Waals surface area contributed by atoms with E-state index in [0.717, 1.165) is 18.8 Å². The highest BCUT2D eigenvalue weighted by Crippen LogP contribution is 2.65. The monoisotopic (exact) mass is 335 g/mol. The fourth-order valence-electron chi connectivity index (χ4n) is 5.06. The third-order valence-corrected chi connectivity index (χ3v) is 6.63. The van der Waals surface area contributed by atoms with Crippen molar-refractivity contribution in [3.8, 4) is 0 Å². The van der Waals surface area contributed by atoms with Gasteiger partial charge in [0.2, 0.25) is 0 Å². The lowest BCUT2D eigenvalue weighted by atomic mass is 9.43. The molecule has 0 radical (unpaired) electrons. The van der Waals surface area contributed by atoms with Crippen LogP contribution in [0.3, 0.4) is 0 Å². The first kappa shape index (κ1) is 17.3. The quantitative estimate of drug-likeness (QED) is 0.862. The van der Waals surface area contributed by atoms with Crippen LogP contribution in [0.25, 0.3) is 0 Å². The Labute approximate surface area is 145 Å². The zero-order chi connectivity index (χ0) is 15.5. The highest BCUT2D eigenvalue weighted by molar-refractivity contribution is 6.47. The van der Waals surface area contributed by atoms with Crippen molar-refractivity contribution in [2.24, 2.45) is 23.0 Å². The molecule has 1 aromatic carbocycles. The summed E-state index contributed by atoms with van der Waals surface area (Å²) in [6.07, 6.45) is 3.42. The summed E-state index contributed by atoms with van der Waals surface area (Å²) >= 11 is 0. The van der Waals surface area contributed by atoms with Gasteiger partial charge in [-0.25, -0.2) is 0 Å². The van der Waals surface area contributed by atoms with E-state index in [-0.39, 0.29) is 37.2 Å². The van der Waals surface area contributed by atoms with Crippen molar-refractivity contribution in [3.05, 3.63) is 35.9 Å². The maximum atomic E-state index is 6.43. The van der Waals surface area contributed by atoms with E-state index in [1.807, 2.05) is 6.07 Å². The van der Waals surface area contributed by atoms with Gasteiger partial charge < -0.3 is 15.0 Å². The van der Waals surface area contributed by atoms with Crippen molar-refractivity contribution in [2.75, 3.05) is 0 Å². The minimum absolute atomic E-state index is 0. The Kier molecular flexibility index (Phi) is 4.33. The van der Waals surface area contributed by atoms with Crippen molar-refractivity contribution in [1.82, 2.24) is 0 Å². The van der Waals surface area contributed by atoms with Crippen LogP contribution in [-0.2, 0) is 15.7 Å². The van der Waals surface area contributed by atoms with Gasteiger partial charge in [0.25, 0.3) is 0 Å². The molecular formula is C18H27BClNO2. The second kappa shape index (κ2) is 5.77. The zero-order valence-corrected chi connectivity index (χ0v) is 15.0. The summed E-state index contributed by atoms with van der Waals surface area (Å²) in [6.45, 7) is 7.01. The van der Waals surface area contributed by atoms with Gasteiger partial charge in [-0.2, -0.15) is 0 Å². The van der Waals surface area contributed by atoms with Crippen molar-refractivity contribution >= 4 is 19.5 Å². The Morgan fingerprint density at radius 1 is 1.22 bits per heavy atom. The van der Waals surface area contributed by atoms with E-state index in [4.69, 9.17) is 15.0 Å². The Bertz CT molecular complexity index is 569. The highest BCUT2D eigenvalue weighted by Gasteiger charge is 2.68. The molecule has 0 unspecified atom stereocenters. The fourth-order valence-corrected chi connectivity index (χ4v) is 5.06. The molecule has 23 heavy (non-hydrogen) atoms. The Morgan fingerprint density at radius 3 is 2.57 bits per heavy atom. The Morgan fingerprint density at radius 2 is 1.91 bits per heavy atom. The van der Waals surface area contributed by atoms with E-state index in [9.17, 15) is 0 Å². The van der Waals surface area contributed by atoms with Gasteiger partial charge in [0.15, 0.2) is 0 Å². The molecule has 0 spiro atoms. The smallest absolute Gasteiger partial charge is 0.404 e. The molecule has 2 bridgehead atoms. The molecule has 1 aliphatic heterocycles. The first-order valence-electron chi connectivity index (χ1n) is 8.54. The lowest BCUT2D eigenvalue weighted by Gasteiger charge is -2.64. The van der Waals surface area contributed by atoms with Crippen LogP contribution in [0, 0.1) is 17.3 Å². The first-order chi connectivity index (χ1) is 10.4. The lowest BCUT2D eigenvalue weighted by molar-refractivity contribution is -0.199. The molecule has 3 saturated carbocycles. The molecule has 1 heterocycles. The van der Waals surface area contributed by atoms with Gasteiger partial charge in [-0.15, -0.1) is 12.4 Å². The molecular weight excluding hydrogens is 308 g/mol.